The molecule has 0 atom stereocenters. The Morgan fingerprint density at radius 3 is 2.45 bits per heavy atom. The van der Waals surface area contributed by atoms with Gasteiger partial charge in [-0.3, -0.25) is 4.79 Å². The molecule has 2 aromatic heterocycles. The molecule has 2 aromatic carbocycles. The predicted molar refractivity (Wildman–Crippen MR) is 118 cm³/mol. The number of aryl methyl sites for hydroxylation is 2. The van der Waals surface area contributed by atoms with Gasteiger partial charge < -0.3 is 14.8 Å². The van der Waals surface area contributed by atoms with Gasteiger partial charge in [-0.15, -0.1) is 10.2 Å². The average molecular weight is 438 g/mol. The number of halogens is 1. The van der Waals surface area contributed by atoms with Crippen LogP contribution >= 0.6 is 11.6 Å². The Labute approximate surface area is 183 Å². The fraction of sp³-hybridized carbons (Fsp3) is 0.182. The maximum Gasteiger partial charge on any atom is 0.278 e. The number of rotatable bonds is 5. The number of carbonyl (C=O) groups is 1. The first-order valence-corrected chi connectivity index (χ1v) is 9.82. The van der Waals surface area contributed by atoms with E-state index in [1.807, 2.05) is 31.2 Å². The minimum atomic E-state index is -0.438. The third-order valence-electron chi connectivity index (χ3n) is 4.94. The van der Waals surface area contributed by atoms with Crippen molar-refractivity contribution in [2.24, 2.45) is 0 Å². The highest BCUT2D eigenvalue weighted by atomic mass is 35.5. The summed E-state index contributed by atoms with van der Waals surface area (Å²) < 4.78 is 12.1. The third kappa shape index (κ3) is 3.77. The number of ether oxygens (including phenoxy) is 2. The quantitative estimate of drug-likeness (QED) is 0.499. The number of aromatic nitrogens is 4. The van der Waals surface area contributed by atoms with Crippen LogP contribution in [0.3, 0.4) is 0 Å². The van der Waals surface area contributed by atoms with E-state index in [0.29, 0.717) is 27.8 Å². The van der Waals surface area contributed by atoms with Crippen molar-refractivity contribution in [3.63, 3.8) is 0 Å². The second-order valence-electron chi connectivity index (χ2n) is 6.86. The molecular formula is C22H20ClN5O3. The van der Waals surface area contributed by atoms with E-state index in [-0.39, 0.29) is 5.69 Å². The summed E-state index contributed by atoms with van der Waals surface area (Å²) in [4.78, 5) is 12.9. The number of nitrogens with zero attached hydrogens (tertiary/aromatic N) is 4. The lowest BCUT2D eigenvalue weighted by atomic mass is 10.1. The first-order valence-electron chi connectivity index (χ1n) is 9.45. The molecule has 0 bridgehead atoms. The van der Waals surface area contributed by atoms with E-state index in [1.165, 1.54) is 7.11 Å². The monoisotopic (exact) mass is 437 g/mol. The molecule has 0 saturated heterocycles. The molecule has 1 amide bonds. The molecule has 2 heterocycles. The number of carbonyl (C=O) groups excluding carboxylic acids is 1. The number of benzene rings is 2. The number of fused-ring (bicyclic) bond motifs is 1. The molecule has 4 rings (SSSR count). The van der Waals surface area contributed by atoms with Crippen molar-refractivity contribution in [1.82, 2.24) is 19.8 Å². The van der Waals surface area contributed by atoms with E-state index in [1.54, 1.807) is 36.7 Å². The minimum absolute atomic E-state index is 0.151. The SMILES string of the molecule is COc1ccc(-c2c(C)nn3c(C)c(C(=O)Nc4cc(Cl)ccc4OC)nnc23)cc1. The third-order valence-corrected chi connectivity index (χ3v) is 5.18. The molecule has 0 fully saturated rings. The standard InChI is InChI=1S/C22H20ClN5O3/c1-12-19(14-5-8-16(30-3)9-6-14)21-26-25-20(13(2)28(21)27-12)22(29)24-17-11-15(23)7-10-18(17)31-4/h5-11H,1-4H3,(H,24,29). The van der Waals surface area contributed by atoms with Gasteiger partial charge in [-0.05, 0) is 49.7 Å². The highest BCUT2D eigenvalue weighted by Crippen LogP contribution is 2.30. The molecule has 1 N–H and O–H groups in total. The van der Waals surface area contributed by atoms with Gasteiger partial charge in [0, 0.05) is 5.02 Å². The van der Waals surface area contributed by atoms with Crippen molar-refractivity contribution in [1.29, 1.82) is 0 Å². The number of hydrogen-bond acceptors (Lipinski definition) is 6. The van der Waals surface area contributed by atoms with Crippen LogP contribution in [0.25, 0.3) is 16.8 Å². The van der Waals surface area contributed by atoms with Crippen molar-refractivity contribution < 1.29 is 14.3 Å². The van der Waals surface area contributed by atoms with Gasteiger partial charge in [0.05, 0.1) is 36.9 Å². The van der Waals surface area contributed by atoms with E-state index in [2.05, 4.69) is 20.6 Å². The lowest BCUT2D eigenvalue weighted by molar-refractivity contribution is 0.101. The van der Waals surface area contributed by atoms with Crippen molar-refractivity contribution in [2.45, 2.75) is 13.8 Å². The van der Waals surface area contributed by atoms with E-state index < -0.39 is 5.91 Å². The maximum absolute atomic E-state index is 12.9. The van der Waals surface area contributed by atoms with Gasteiger partial charge in [0.2, 0.25) is 0 Å². The fourth-order valence-corrected chi connectivity index (χ4v) is 3.55. The summed E-state index contributed by atoms with van der Waals surface area (Å²) in [6.45, 7) is 3.67. The second-order valence-corrected chi connectivity index (χ2v) is 7.29. The van der Waals surface area contributed by atoms with Gasteiger partial charge in [-0.25, -0.2) is 4.52 Å². The Kier molecular flexibility index (Phi) is 5.48. The molecule has 8 nitrogen and oxygen atoms in total. The molecule has 0 saturated carbocycles. The topological polar surface area (TPSA) is 90.6 Å². The smallest absolute Gasteiger partial charge is 0.278 e. The summed E-state index contributed by atoms with van der Waals surface area (Å²) in [5.41, 5.74) is 4.28. The van der Waals surface area contributed by atoms with Crippen molar-refractivity contribution in [3.8, 4) is 22.6 Å². The average Bonchev–Trinajstić information content (AvgIpc) is 3.11. The minimum Gasteiger partial charge on any atom is -0.497 e. The molecule has 0 aliphatic carbocycles. The summed E-state index contributed by atoms with van der Waals surface area (Å²) >= 11 is 6.05. The Morgan fingerprint density at radius 1 is 1.03 bits per heavy atom. The molecule has 31 heavy (non-hydrogen) atoms. The van der Waals surface area contributed by atoms with Gasteiger partial charge in [0.1, 0.15) is 11.5 Å². The molecule has 0 spiro atoms. The van der Waals surface area contributed by atoms with Crippen molar-refractivity contribution in [2.75, 3.05) is 19.5 Å². The Balaban J connectivity index is 1.73. The van der Waals surface area contributed by atoms with Crippen LogP contribution < -0.4 is 14.8 Å². The van der Waals surface area contributed by atoms with Crippen LogP contribution in [0.4, 0.5) is 5.69 Å². The number of methoxy groups -OCH3 is 2. The van der Waals surface area contributed by atoms with Gasteiger partial charge in [-0.1, -0.05) is 23.7 Å². The molecule has 0 radical (unpaired) electrons. The zero-order valence-corrected chi connectivity index (χ0v) is 18.2. The molecule has 0 aliphatic rings. The molecule has 0 unspecified atom stereocenters. The lowest BCUT2D eigenvalue weighted by Gasteiger charge is -2.11. The Bertz CT molecular complexity index is 1280. The fourth-order valence-electron chi connectivity index (χ4n) is 3.38. The summed E-state index contributed by atoms with van der Waals surface area (Å²) in [6, 6.07) is 12.6. The van der Waals surface area contributed by atoms with Crippen LogP contribution in [-0.4, -0.2) is 39.9 Å². The van der Waals surface area contributed by atoms with Gasteiger partial charge in [-0.2, -0.15) is 5.10 Å². The van der Waals surface area contributed by atoms with Crippen LogP contribution in [0, 0.1) is 13.8 Å². The van der Waals surface area contributed by atoms with E-state index in [4.69, 9.17) is 21.1 Å². The molecular weight excluding hydrogens is 418 g/mol. The van der Waals surface area contributed by atoms with Crippen molar-refractivity contribution in [3.05, 3.63) is 64.6 Å². The predicted octanol–water partition coefficient (Wildman–Crippen LogP) is 4.33. The molecule has 4 aromatic rings. The normalized spacial score (nSPS) is 10.9. The van der Waals surface area contributed by atoms with E-state index >= 15 is 0 Å². The van der Waals surface area contributed by atoms with Crippen LogP contribution in [0.15, 0.2) is 42.5 Å². The van der Waals surface area contributed by atoms with Crippen LogP contribution in [-0.2, 0) is 0 Å². The number of nitrogens with one attached hydrogen (secondary N) is 1. The second kappa shape index (κ2) is 8.23. The largest absolute Gasteiger partial charge is 0.497 e. The summed E-state index contributed by atoms with van der Waals surface area (Å²) in [5, 5.41) is 16.3. The first-order chi connectivity index (χ1) is 14.9. The van der Waals surface area contributed by atoms with E-state index in [9.17, 15) is 4.79 Å². The molecule has 158 valence electrons. The zero-order valence-electron chi connectivity index (χ0n) is 17.4. The van der Waals surface area contributed by atoms with Crippen LogP contribution in [0.5, 0.6) is 11.5 Å². The molecule has 0 aliphatic heterocycles. The van der Waals surface area contributed by atoms with Crippen LogP contribution in [0.1, 0.15) is 21.9 Å². The van der Waals surface area contributed by atoms with Gasteiger partial charge in [0.15, 0.2) is 11.3 Å². The summed E-state index contributed by atoms with van der Waals surface area (Å²) in [5.74, 6) is 0.809. The molecule has 9 heteroatoms. The first kappa shape index (κ1) is 20.6. The van der Waals surface area contributed by atoms with E-state index in [0.717, 1.165) is 22.6 Å². The highest BCUT2D eigenvalue weighted by Gasteiger charge is 2.21. The highest BCUT2D eigenvalue weighted by molar-refractivity contribution is 6.31. The number of anilines is 1. The maximum atomic E-state index is 12.9. The zero-order chi connectivity index (χ0) is 22.1. The Morgan fingerprint density at radius 2 is 1.77 bits per heavy atom. The van der Waals surface area contributed by atoms with Gasteiger partial charge in [0.25, 0.3) is 5.91 Å². The Hall–Kier alpha value is -3.65. The van der Waals surface area contributed by atoms with Crippen molar-refractivity contribution >= 4 is 28.8 Å². The van der Waals surface area contributed by atoms with Crippen LogP contribution in [0.2, 0.25) is 5.02 Å². The number of hydrogen-bond donors (Lipinski definition) is 1. The summed E-state index contributed by atoms with van der Waals surface area (Å²) in [6.07, 6.45) is 0. The number of amides is 1. The lowest BCUT2D eigenvalue weighted by Crippen LogP contribution is -2.19. The summed E-state index contributed by atoms with van der Waals surface area (Å²) in [7, 11) is 3.14. The van der Waals surface area contributed by atoms with Gasteiger partial charge >= 0.3 is 0 Å².